The van der Waals surface area contributed by atoms with Crippen LogP contribution >= 0.6 is 23.4 Å². The van der Waals surface area contributed by atoms with Gasteiger partial charge in [0.25, 0.3) is 5.91 Å². The third-order valence-electron chi connectivity index (χ3n) is 5.63. The molecule has 32 heavy (non-hydrogen) atoms. The van der Waals surface area contributed by atoms with Gasteiger partial charge in [-0.25, -0.2) is 0 Å². The largest absolute Gasteiger partial charge is 0.351 e. The Morgan fingerprint density at radius 3 is 2.44 bits per heavy atom. The van der Waals surface area contributed by atoms with Crippen molar-refractivity contribution in [2.45, 2.75) is 24.8 Å². The lowest BCUT2D eigenvalue weighted by molar-refractivity contribution is -0.128. The Hall–Kier alpha value is -2.76. The fraction of sp³-hybridized carbons (Fsp3) is 0.231. The second-order valence-electron chi connectivity index (χ2n) is 7.96. The molecule has 0 spiro atoms. The third kappa shape index (κ3) is 5.34. The molecule has 1 fully saturated rings. The van der Waals surface area contributed by atoms with E-state index >= 15 is 0 Å². The number of carbonyl (C=O) groups is 2. The molecule has 4 nitrogen and oxygen atoms in total. The SMILES string of the molecule is C[C@@H](CNC(=O)c1ccc([C@H]2SCC(=O)N2Cc2ccc(Cl)cc2)cc1)c1ccccc1. The van der Waals surface area contributed by atoms with Gasteiger partial charge in [-0.15, -0.1) is 11.8 Å². The summed E-state index contributed by atoms with van der Waals surface area (Å²) >= 11 is 7.59. The molecular weight excluding hydrogens is 440 g/mol. The number of thioether (sulfide) groups is 1. The highest BCUT2D eigenvalue weighted by Crippen LogP contribution is 2.39. The van der Waals surface area contributed by atoms with Crippen LogP contribution in [0.5, 0.6) is 0 Å². The van der Waals surface area contributed by atoms with Crippen LogP contribution in [-0.2, 0) is 11.3 Å². The Morgan fingerprint density at radius 2 is 1.75 bits per heavy atom. The summed E-state index contributed by atoms with van der Waals surface area (Å²) in [7, 11) is 0. The molecular formula is C26H25ClN2O2S. The van der Waals surface area contributed by atoms with Crippen molar-refractivity contribution in [2.75, 3.05) is 12.3 Å². The molecule has 0 aromatic heterocycles. The minimum absolute atomic E-state index is 0.0617. The first-order valence-electron chi connectivity index (χ1n) is 10.6. The van der Waals surface area contributed by atoms with Crippen LogP contribution < -0.4 is 5.32 Å². The Labute approximate surface area is 198 Å². The highest BCUT2D eigenvalue weighted by atomic mass is 35.5. The molecule has 3 aromatic carbocycles. The molecule has 2 atom stereocenters. The lowest BCUT2D eigenvalue weighted by Crippen LogP contribution is -2.28. The molecule has 1 heterocycles. The predicted octanol–water partition coefficient (Wildman–Crippen LogP) is 5.65. The third-order valence-corrected chi connectivity index (χ3v) is 7.14. The summed E-state index contributed by atoms with van der Waals surface area (Å²) in [6.07, 6.45) is 0. The van der Waals surface area contributed by atoms with Crippen LogP contribution in [-0.4, -0.2) is 29.0 Å². The number of nitrogens with zero attached hydrogens (tertiary/aromatic N) is 1. The fourth-order valence-corrected chi connectivity index (χ4v) is 5.05. The van der Waals surface area contributed by atoms with Gasteiger partial charge in [-0.3, -0.25) is 9.59 Å². The molecule has 0 bridgehead atoms. The maximum absolute atomic E-state index is 12.6. The molecule has 3 aromatic rings. The van der Waals surface area contributed by atoms with Crippen molar-refractivity contribution in [3.63, 3.8) is 0 Å². The summed E-state index contributed by atoms with van der Waals surface area (Å²) in [5.74, 6) is 0.721. The molecule has 1 N–H and O–H groups in total. The molecule has 6 heteroatoms. The van der Waals surface area contributed by atoms with Crippen LogP contribution in [0.25, 0.3) is 0 Å². The van der Waals surface area contributed by atoms with Crippen LogP contribution in [0.15, 0.2) is 78.9 Å². The summed E-state index contributed by atoms with van der Waals surface area (Å²) in [6, 6.07) is 25.3. The number of rotatable bonds is 7. The second kappa shape index (κ2) is 10.2. The van der Waals surface area contributed by atoms with Crippen molar-refractivity contribution in [2.24, 2.45) is 0 Å². The summed E-state index contributed by atoms with van der Waals surface area (Å²) in [6.45, 7) is 3.21. The van der Waals surface area contributed by atoms with E-state index in [0.29, 0.717) is 29.4 Å². The minimum atomic E-state index is -0.0903. The lowest BCUT2D eigenvalue weighted by Gasteiger charge is -2.24. The van der Waals surface area contributed by atoms with Crippen molar-refractivity contribution in [3.8, 4) is 0 Å². The van der Waals surface area contributed by atoms with Crippen molar-refractivity contribution in [3.05, 3.63) is 106 Å². The minimum Gasteiger partial charge on any atom is -0.351 e. The topological polar surface area (TPSA) is 49.4 Å². The van der Waals surface area contributed by atoms with Gasteiger partial charge >= 0.3 is 0 Å². The van der Waals surface area contributed by atoms with Gasteiger partial charge in [0.15, 0.2) is 0 Å². The quantitative estimate of drug-likeness (QED) is 0.491. The molecule has 1 saturated heterocycles. The first kappa shape index (κ1) is 22.4. The zero-order valence-electron chi connectivity index (χ0n) is 17.8. The molecule has 1 aliphatic rings. The smallest absolute Gasteiger partial charge is 0.251 e. The molecule has 1 aliphatic heterocycles. The molecule has 164 valence electrons. The van der Waals surface area contributed by atoms with E-state index < -0.39 is 0 Å². The van der Waals surface area contributed by atoms with Crippen LogP contribution in [0.2, 0.25) is 5.02 Å². The summed E-state index contributed by atoms with van der Waals surface area (Å²) in [4.78, 5) is 27.0. The van der Waals surface area contributed by atoms with Gasteiger partial charge in [-0.2, -0.15) is 0 Å². The normalized spacial score (nSPS) is 16.8. The standard InChI is InChI=1S/C26H25ClN2O2S/c1-18(20-5-3-2-4-6-20)15-28-25(31)21-9-11-22(12-10-21)26-29(24(30)17-32-26)16-19-7-13-23(27)14-8-19/h2-14,18,26H,15-17H2,1H3,(H,28,31)/t18-,26+/m0/s1. The zero-order valence-corrected chi connectivity index (χ0v) is 19.4. The van der Waals surface area contributed by atoms with Crippen molar-refractivity contribution in [1.29, 1.82) is 0 Å². The number of amides is 2. The van der Waals surface area contributed by atoms with E-state index in [2.05, 4.69) is 24.4 Å². The van der Waals surface area contributed by atoms with Gasteiger partial charge in [-0.1, -0.05) is 73.1 Å². The molecule has 0 unspecified atom stereocenters. The van der Waals surface area contributed by atoms with E-state index in [-0.39, 0.29) is 23.1 Å². The summed E-state index contributed by atoms with van der Waals surface area (Å²) < 4.78 is 0. The number of nitrogens with one attached hydrogen (secondary N) is 1. The van der Waals surface area contributed by atoms with Gasteiger partial charge < -0.3 is 10.2 Å². The van der Waals surface area contributed by atoms with Gasteiger partial charge in [0.1, 0.15) is 5.37 Å². The molecule has 4 rings (SSSR count). The van der Waals surface area contributed by atoms with E-state index in [4.69, 9.17) is 11.6 Å². The average Bonchev–Trinajstić information content (AvgIpc) is 3.19. The molecule has 0 aliphatic carbocycles. The van der Waals surface area contributed by atoms with E-state index in [0.717, 1.165) is 11.1 Å². The van der Waals surface area contributed by atoms with Gasteiger partial charge in [0.05, 0.1) is 5.75 Å². The molecule has 0 radical (unpaired) electrons. The first-order valence-corrected chi connectivity index (χ1v) is 12.0. The highest BCUT2D eigenvalue weighted by Gasteiger charge is 2.32. The van der Waals surface area contributed by atoms with Gasteiger partial charge in [-0.05, 0) is 46.9 Å². The average molecular weight is 465 g/mol. The Bertz CT molecular complexity index is 1070. The van der Waals surface area contributed by atoms with E-state index in [1.54, 1.807) is 11.8 Å². The van der Waals surface area contributed by atoms with Gasteiger partial charge in [0.2, 0.25) is 5.91 Å². The number of halogens is 1. The van der Waals surface area contributed by atoms with Crippen LogP contribution in [0.1, 0.15) is 45.3 Å². The van der Waals surface area contributed by atoms with Crippen LogP contribution in [0.4, 0.5) is 0 Å². The van der Waals surface area contributed by atoms with E-state index in [1.807, 2.05) is 71.6 Å². The summed E-state index contributed by atoms with van der Waals surface area (Å²) in [5, 5.41) is 3.64. The highest BCUT2D eigenvalue weighted by molar-refractivity contribution is 8.00. The molecule has 2 amide bonds. The Morgan fingerprint density at radius 1 is 1.06 bits per heavy atom. The first-order chi connectivity index (χ1) is 15.5. The lowest BCUT2D eigenvalue weighted by atomic mass is 10.0. The van der Waals surface area contributed by atoms with Crippen molar-refractivity contribution in [1.82, 2.24) is 10.2 Å². The second-order valence-corrected chi connectivity index (χ2v) is 9.46. The van der Waals surface area contributed by atoms with Crippen LogP contribution in [0.3, 0.4) is 0 Å². The fourth-order valence-electron chi connectivity index (χ4n) is 3.73. The molecule has 0 saturated carbocycles. The van der Waals surface area contributed by atoms with Gasteiger partial charge in [0, 0.05) is 23.7 Å². The monoisotopic (exact) mass is 464 g/mol. The summed E-state index contributed by atoms with van der Waals surface area (Å²) in [5.41, 5.74) is 3.88. The van der Waals surface area contributed by atoms with Crippen molar-refractivity contribution < 1.29 is 9.59 Å². The maximum atomic E-state index is 12.6. The Kier molecular flexibility index (Phi) is 7.18. The van der Waals surface area contributed by atoms with Crippen LogP contribution in [0, 0.1) is 0 Å². The number of hydrogen-bond acceptors (Lipinski definition) is 3. The maximum Gasteiger partial charge on any atom is 0.251 e. The Balaban J connectivity index is 1.39. The number of hydrogen-bond donors (Lipinski definition) is 1. The zero-order chi connectivity index (χ0) is 22.5. The van der Waals surface area contributed by atoms with E-state index in [9.17, 15) is 9.59 Å². The number of carbonyl (C=O) groups excluding carboxylic acids is 2. The number of benzene rings is 3. The van der Waals surface area contributed by atoms with E-state index in [1.165, 1.54) is 5.56 Å². The predicted molar refractivity (Wildman–Crippen MR) is 131 cm³/mol. The van der Waals surface area contributed by atoms with Crippen molar-refractivity contribution >= 4 is 35.2 Å².